The van der Waals surface area contributed by atoms with Crippen molar-refractivity contribution < 1.29 is 14.7 Å². The van der Waals surface area contributed by atoms with Crippen molar-refractivity contribution >= 4 is 23.1 Å². The van der Waals surface area contributed by atoms with Gasteiger partial charge >= 0.3 is 6.09 Å². The van der Waals surface area contributed by atoms with Crippen molar-refractivity contribution in [3.05, 3.63) is 11.6 Å². The number of nitrogens with one attached hydrogen (secondary N) is 3. The zero-order valence-electron chi connectivity index (χ0n) is 21.3. The molecule has 0 spiro atoms. The fourth-order valence-electron chi connectivity index (χ4n) is 5.46. The first-order valence-corrected chi connectivity index (χ1v) is 13.3. The van der Waals surface area contributed by atoms with E-state index in [-0.39, 0.29) is 12.0 Å². The van der Waals surface area contributed by atoms with Crippen molar-refractivity contribution in [3.8, 4) is 0 Å². The number of imidazole rings is 1. The van der Waals surface area contributed by atoms with Crippen molar-refractivity contribution in [2.75, 3.05) is 5.32 Å². The van der Waals surface area contributed by atoms with Gasteiger partial charge in [0.25, 0.3) is 0 Å². The second kappa shape index (κ2) is 9.89. The van der Waals surface area contributed by atoms with Crippen LogP contribution >= 0.6 is 0 Å². The molecule has 1 amide bonds. The summed E-state index contributed by atoms with van der Waals surface area (Å²) in [6.45, 7) is 9.32. The first kappa shape index (κ1) is 24.2. The van der Waals surface area contributed by atoms with Crippen LogP contribution < -0.4 is 16.1 Å². The minimum absolute atomic E-state index is 0.0128. The van der Waals surface area contributed by atoms with Gasteiger partial charge in [0.15, 0.2) is 23.5 Å². The standard InChI is InChI=1S/C25H39N7O3/c1-13(2)19(33)24-29-21-18(32(24)12-16-10-8-14(3)9-11-16)20(26-15(4)17-6-5-7-17)27-22(28-21)23-30-25(34)35-31-23/h13-17,19,23,31,33H,5-12H2,1-4H3,(H,30,34)(H,26,27,28)/t14?,15-,16?,19?,23?/m1/s1. The topological polar surface area (TPSA) is 126 Å². The molecule has 0 bridgehead atoms. The van der Waals surface area contributed by atoms with Crippen LogP contribution in [0, 0.1) is 23.7 Å². The van der Waals surface area contributed by atoms with E-state index in [4.69, 9.17) is 19.8 Å². The van der Waals surface area contributed by atoms with Gasteiger partial charge in [-0.1, -0.05) is 40.0 Å². The van der Waals surface area contributed by atoms with Gasteiger partial charge in [-0.15, -0.1) is 5.48 Å². The number of hydrogen-bond donors (Lipinski definition) is 4. The molecule has 2 unspecified atom stereocenters. The van der Waals surface area contributed by atoms with Gasteiger partial charge in [-0.2, -0.15) is 0 Å². The van der Waals surface area contributed by atoms with Crippen molar-refractivity contribution in [2.45, 2.75) is 97.5 Å². The van der Waals surface area contributed by atoms with Gasteiger partial charge in [-0.25, -0.2) is 19.7 Å². The highest BCUT2D eigenvalue weighted by Crippen LogP contribution is 2.36. The molecule has 5 rings (SSSR count). The summed E-state index contributed by atoms with van der Waals surface area (Å²) in [6.07, 6.45) is 6.56. The van der Waals surface area contributed by atoms with E-state index < -0.39 is 18.4 Å². The molecule has 10 nitrogen and oxygen atoms in total. The van der Waals surface area contributed by atoms with Crippen LogP contribution in [0.2, 0.25) is 0 Å². The third-order valence-electron chi connectivity index (χ3n) is 8.13. The minimum Gasteiger partial charge on any atom is -0.385 e. The predicted octanol–water partition coefficient (Wildman–Crippen LogP) is 4.19. The summed E-state index contributed by atoms with van der Waals surface area (Å²) in [5.74, 6) is 3.64. The summed E-state index contributed by atoms with van der Waals surface area (Å²) in [5.41, 5.74) is 4.01. The maximum Gasteiger partial charge on any atom is 0.427 e. The van der Waals surface area contributed by atoms with Crippen molar-refractivity contribution in [2.24, 2.45) is 23.7 Å². The van der Waals surface area contributed by atoms with Crippen LogP contribution in [0.4, 0.5) is 10.6 Å². The highest BCUT2D eigenvalue weighted by molar-refractivity contribution is 5.84. The van der Waals surface area contributed by atoms with Crippen molar-refractivity contribution in [3.63, 3.8) is 0 Å². The first-order valence-electron chi connectivity index (χ1n) is 13.3. The quantitative estimate of drug-likeness (QED) is 0.439. The zero-order valence-corrected chi connectivity index (χ0v) is 21.3. The summed E-state index contributed by atoms with van der Waals surface area (Å²) < 4.78 is 2.16. The van der Waals surface area contributed by atoms with E-state index in [1.165, 1.54) is 44.9 Å². The fraction of sp³-hybridized carbons (Fsp3) is 0.760. The third kappa shape index (κ3) is 4.95. The van der Waals surface area contributed by atoms with Gasteiger partial charge in [0.2, 0.25) is 0 Å². The van der Waals surface area contributed by atoms with Crippen molar-refractivity contribution in [1.29, 1.82) is 0 Å². The number of aromatic nitrogens is 4. The van der Waals surface area contributed by atoms with Gasteiger partial charge in [0.1, 0.15) is 17.4 Å². The highest BCUT2D eigenvalue weighted by Gasteiger charge is 2.32. The Morgan fingerprint density at radius 1 is 1.11 bits per heavy atom. The Bertz CT molecular complexity index is 1060. The first-order chi connectivity index (χ1) is 16.8. The smallest absolute Gasteiger partial charge is 0.385 e. The molecule has 2 saturated carbocycles. The van der Waals surface area contributed by atoms with Crippen LogP contribution in [0.5, 0.6) is 0 Å². The molecule has 3 atom stereocenters. The third-order valence-corrected chi connectivity index (χ3v) is 8.13. The van der Waals surface area contributed by atoms with Gasteiger partial charge in [0.05, 0.1) is 0 Å². The summed E-state index contributed by atoms with van der Waals surface area (Å²) in [6, 6.07) is 0.245. The number of nitrogens with zero attached hydrogens (tertiary/aromatic N) is 4. The number of aliphatic hydroxyl groups excluding tert-OH is 1. The number of rotatable bonds is 8. The lowest BCUT2D eigenvalue weighted by Crippen LogP contribution is -2.32. The van der Waals surface area contributed by atoms with Crippen LogP contribution in [0.25, 0.3) is 11.2 Å². The lowest BCUT2D eigenvalue weighted by molar-refractivity contribution is 0.112. The molecule has 10 heteroatoms. The Hall–Kier alpha value is -2.46. The lowest BCUT2D eigenvalue weighted by Gasteiger charge is -2.32. The Morgan fingerprint density at radius 2 is 1.86 bits per heavy atom. The molecule has 3 aliphatic rings. The monoisotopic (exact) mass is 485 g/mol. The van der Waals surface area contributed by atoms with E-state index in [1.807, 2.05) is 13.8 Å². The Balaban J connectivity index is 1.59. The van der Waals surface area contributed by atoms with Crippen LogP contribution in [-0.2, 0) is 11.4 Å². The molecule has 2 aromatic rings. The van der Waals surface area contributed by atoms with E-state index >= 15 is 0 Å². The molecule has 2 aliphatic carbocycles. The number of carbonyl (C=O) groups is 1. The van der Waals surface area contributed by atoms with E-state index in [1.54, 1.807) is 0 Å². The minimum atomic E-state index is -0.709. The number of fused-ring (bicyclic) bond motifs is 1. The van der Waals surface area contributed by atoms with E-state index in [9.17, 15) is 9.90 Å². The second-order valence-corrected chi connectivity index (χ2v) is 11.2. The van der Waals surface area contributed by atoms with Crippen LogP contribution in [-0.4, -0.2) is 36.8 Å². The van der Waals surface area contributed by atoms with Gasteiger partial charge < -0.3 is 19.8 Å². The molecule has 1 aliphatic heterocycles. The summed E-state index contributed by atoms with van der Waals surface area (Å²) in [5, 5.41) is 17.5. The predicted molar refractivity (Wildman–Crippen MR) is 132 cm³/mol. The number of carbonyl (C=O) groups excluding carboxylic acids is 1. The SMILES string of the molecule is CC1CCC(Cn2c(C(O)C(C)C)nc3nc(C4NOC(=O)N4)nc(N[C@H](C)C4CCC4)c32)CC1. The normalized spacial score (nSPS) is 26.9. The van der Waals surface area contributed by atoms with E-state index in [0.29, 0.717) is 34.9 Å². The fourth-order valence-corrected chi connectivity index (χ4v) is 5.46. The number of hydrogen-bond acceptors (Lipinski definition) is 8. The second-order valence-electron chi connectivity index (χ2n) is 11.2. The molecule has 2 aromatic heterocycles. The van der Waals surface area contributed by atoms with Crippen LogP contribution in [0.15, 0.2) is 0 Å². The molecule has 4 N–H and O–H groups in total. The van der Waals surface area contributed by atoms with E-state index in [2.05, 4.69) is 34.5 Å². The molecule has 192 valence electrons. The van der Waals surface area contributed by atoms with Crippen LogP contribution in [0.3, 0.4) is 0 Å². The lowest BCUT2D eigenvalue weighted by atomic mass is 9.80. The molecule has 35 heavy (non-hydrogen) atoms. The molecule has 3 heterocycles. The van der Waals surface area contributed by atoms with E-state index in [0.717, 1.165) is 18.0 Å². The summed E-state index contributed by atoms with van der Waals surface area (Å²) in [4.78, 5) is 30.9. The Labute approximate surface area is 206 Å². The highest BCUT2D eigenvalue weighted by atomic mass is 16.7. The van der Waals surface area contributed by atoms with Gasteiger partial charge in [-0.05, 0) is 56.3 Å². The number of amides is 1. The van der Waals surface area contributed by atoms with Crippen LogP contribution in [0.1, 0.15) is 96.6 Å². The molecule has 3 fully saturated rings. The van der Waals surface area contributed by atoms with Gasteiger partial charge in [0, 0.05) is 12.6 Å². The zero-order chi connectivity index (χ0) is 24.7. The number of aliphatic hydroxyl groups is 1. The molecular formula is C25H39N7O3. The van der Waals surface area contributed by atoms with Gasteiger partial charge in [-0.3, -0.25) is 5.32 Å². The maximum absolute atomic E-state index is 11.6. The summed E-state index contributed by atoms with van der Waals surface area (Å²) >= 11 is 0. The number of anilines is 1. The molecule has 0 aromatic carbocycles. The maximum atomic E-state index is 11.6. The van der Waals surface area contributed by atoms with Crippen molar-refractivity contribution in [1.82, 2.24) is 30.3 Å². The largest absolute Gasteiger partial charge is 0.427 e. The average Bonchev–Trinajstić information content (AvgIpc) is 3.37. The summed E-state index contributed by atoms with van der Waals surface area (Å²) in [7, 11) is 0. The average molecular weight is 486 g/mol. The number of hydroxylamine groups is 1. The molecule has 1 saturated heterocycles. The Morgan fingerprint density at radius 3 is 2.46 bits per heavy atom. The Kier molecular flexibility index (Phi) is 6.85. The molecular weight excluding hydrogens is 446 g/mol. The molecule has 0 radical (unpaired) electrons.